The molecule has 1 saturated heterocycles. The van der Waals surface area contributed by atoms with Gasteiger partial charge in [-0.25, -0.2) is 9.67 Å². The average Bonchev–Trinajstić information content (AvgIpc) is 3.34. The third-order valence-corrected chi connectivity index (χ3v) is 4.60. The van der Waals surface area contributed by atoms with Gasteiger partial charge in [-0.05, 0) is 29.8 Å². The molecule has 7 heteroatoms. The Kier molecular flexibility index (Phi) is 4.65. The lowest BCUT2D eigenvalue weighted by molar-refractivity contribution is -0.122. The number of para-hydroxylation sites is 1. The monoisotopic (exact) mass is 361 g/mol. The van der Waals surface area contributed by atoms with Crippen LogP contribution in [-0.4, -0.2) is 33.1 Å². The summed E-state index contributed by atoms with van der Waals surface area (Å²) in [6, 6.07) is 17.0. The average molecular weight is 361 g/mol. The third kappa shape index (κ3) is 3.87. The molecule has 1 fully saturated rings. The Hall–Kier alpha value is -3.48. The van der Waals surface area contributed by atoms with Gasteiger partial charge in [-0.15, -0.1) is 0 Å². The van der Waals surface area contributed by atoms with Crippen LogP contribution in [0.25, 0.3) is 0 Å². The number of carbonyl (C=O) groups excluding carboxylic acids is 2. The molecule has 7 nitrogen and oxygen atoms in total. The van der Waals surface area contributed by atoms with Gasteiger partial charge >= 0.3 is 0 Å². The molecule has 1 atom stereocenters. The van der Waals surface area contributed by atoms with Crippen LogP contribution in [0, 0.1) is 5.92 Å². The van der Waals surface area contributed by atoms with Crippen LogP contribution in [0.5, 0.6) is 0 Å². The molecule has 136 valence electrons. The molecule has 1 N–H and O–H groups in total. The quantitative estimate of drug-likeness (QED) is 0.756. The Balaban J connectivity index is 1.37. The van der Waals surface area contributed by atoms with Gasteiger partial charge in [-0.1, -0.05) is 30.3 Å². The summed E-state index contributed by atoms with van der Waals surface area (Å²) in [7, 11) is 0. The largest absolute Gasteiger partial charge is 0.326 e. The van der Waals surface area contributed by atoms with Crippen molar-refractivity contribution in [2.24, 2.45) is 5.92 Å². The van der Waals surface area contributed by atoms with Crippen molar-refractivity contribution in [3.63, 3.8) is 0 Å². The van der Waals surface area contributed by atoms with Crippen LogP contribution in [0.2, 0.25) is 0 Å². The molecule has 0 bridgehead atoms. The summed E-state index contributed by atoms with van der Waals surface area (Å²) in [6.45, 7) is 1.02. The first-order valence-corrected chi connectivity index (χ1v) is 8.77. The van der Waals surface area contributed by atoms with E-state index in [9.17, 15) is 9.59 Å². The van der Waals surface area contributed by atoms with E-state index in [1.165, 1.54) is 6.33 Å². The van der Waals surface area contributed by atoms with Crippen LogP contribution >= 0.6 is 0 Å². The second-order valence-electron chi connectivity index (χ2n) is 6.52. The first kappa shape index (κ1) is 17.0. The molecule has 2 heterocycles. The van der Waals surface area contributed by atoms with Gasteiger partial charge in [0, 0.05) is 24.3 Å². The smallest absolute Gasteiger partial charge is 0.229 e. The van der Waals surface area contributed by atoms with Crippen molar-refractivity contribution in [1.29, 1.82) is 0 Å². The number of amides is 2. The summed E-state index contributed by atoms with van der Waals surface area (Å²) in [4.78, 5) is 30.4. The molecule has 2 aromatic carbocycles. The summed E-state index contributed by atoms with van der Waals surface area (Å²) in [6.07, 6.45) is 3.38. The van der Waals surface area contributed by atoms with Gasteiger partial charge in [0.05, 0.1) is 12.5 Å². The maximum Gasteiger partial charge on any atom is 0.229 e. The Morgan fingerprint density at radius 1 is 1.11 bits per heavy atom. The number of hydrogen-bond donors (Lipinski definition) is 1. The zero-order valence-electron chi connectivity index (χ0n) is 14.7. The maximum atomic E-state index is 12.6. The molecule has 1 aliphatic rings. The topological polar surface area (TPSA) is 80.1 Å². The van der Waals surface area contributed by atoms with E-state index in [1.807, 2.05) is 54.6 Å². The van der Waals surface area contributed by atoms with Crippen LogP contribution in [0.1, 0.15) is 12.0 Å². The minimum absolute atomic E-state index is 0.0236. The Labute approximate surface area is 156 Å². The van der Waals surface area contributed by atoms with Gasteiger partial charge in [0.1, 0.15) is 12.7 Å². The maximum absolute atomic E-state index is 12.6. The third-order valence-electron chi connectivity index (χ3n) is 4.60. The second-order valence-corrected chi connectivity index (χ2v) is 6.52. The van der Waals surface area contributed by atoms with Crippen LogP contribution in [0.15, 0.2) is 67.3 Å². The first-order valence-electron chi connectivity index (χ1n) is 8.77. The molecule has 1 aliphatic heterocycles. The fourth-order valence-corrected chi connectivity index (χ4v) is 3.18. The molecule has 4 rings (SSSR count). The molecule has 0 radical (unpaired) electrons. The fourth-order valence-electron chi connectivity index (χ4n) is 3.18. The summed E-state index contributed by atoms with van der Waals surface area (Å²) in [5.74, 6) is -0.511. The number of rotatable bonds is 5. The van der Waals surface area contributed by atoms with Crippen molar-refractivity contribution >= 4 is 23.2 Å². The molecular weight excluding hydrogens is 342 g/mol. The molecule has 0 aliphatic carbocycles. The lowest BCUT2D eigenvalue weighted by atomic mass is 10.1. The number of aromatic nitrogens is 3. The van der Waals surface area contributed by atoms with E-state index in [0.29, 0.717) is 18.8 Å². The molecule has 0 unspecified atom stereocenters. The highest BCUT2D eigenvalue weighted by atomic mass is 16.2. The summed E-state index contributed by atoms with van der Waals surface area (Å²) >= 11 is 0. The van der Waals surface area contributed by atoms with Crippen LogP contribution in [0.4, 0.5) is 11.4 Å². The van der Waals surface area contributed by atoms with Crippen molar-refractivity contribution in [3.8, 4) is 0 Å². The summed E-state index contributed by atoms with van der Waals surface area (Å²) in [5, 5.41) is 6.98. The van der Waals surface area contributed by atoms with Gasteiger partial charge in [0.2, 0.25) is 11.8 Å². The van der Waals surface area contributed by atoms with Crippen LogP contribution in [-0.2, 0) is 16.1 Å². The van der Waals surface area contributed by atoms with Gasteiger partial charge in [-0.2, -0.15) is 5.10 Å². The van der Waals surface area contributed by atoms with Crippen molar-refractivity contribution in [2.75, 3.05) is 16.8 Å². The van der Waals surface area contributed by atoms with E-state index >= 15 is 0 Å². The minimum atomic E-state index is -0.354. The molecule has 0 saturated carbocycles. The number of anilines is 2. The molecule has 27 heavy (non-hydrogen) atoms. The lowest BCUT2D eigenvalue weighted by Crippen LogP contribution is -2.28. The molecule has 0 spiro atoms. The standard InChI is InChI=1S/C20H19N5O2/c26-19-10-16(12-25(19)18-4-2-1-3-5-18)20(27)23-17-8-6-15(7-9-17)11-24-14-21-13-22-24/h1-9,13-14,16H,10-12H2,(H,23,27)/t16-/m1/s1. The molecule has 1 aromatic heterocycles. The van der Waals surface area contributed by atoms with Gasteiger partial charge in [0.15, 0.2) is 0 Å². The molecule has 3 aromatic rings. The van der Waals surface area contributed by atoms with Crippen molar-refractivity contribution in [3.05, 3.63) is 72.8 Å². The number of hydrogen-bond acceptors (Lipinski definition) is 4. The zero-order valence-corrected chi connectivity index (χ0v) is 14.7. The first-order chi connectivity index (χ1) is 13.2. The summed E-state index contributed by atoms with van der Waals surface area (Å²) < 4.78 is 1.73. The number of nitrogens with zero attached hydrogens (tertiary/aromatic N) is 4. The minimum Gasteiger partial charge on any atom is -0.326 e. The highest BCUT2D eigenvalue weighted by Crippen LogP contribution is 2.25. The van der Waals surface area contributed by atoms with Crippen molar-refractivity contribution in [2.45, 2.75) is 13.0 Å². The number of carbonyl (C=O) groups is 2. The SMILES string of the molecule is O=C(Nc1ccc(Cn2cncn2)cc1)[C@@H]1CC(=O)N(c2ccccc2)C1. The van der Waals surface area contributed by atoms with E-state index < -0.39 is 0 Å². The number of benzene rings is 2. The predicted octanol–water partition coefficient (Wildman–Crippen LogP) is 2.32. The lowest BCUT2D eigenvalue weighted by Gasteiger charge is -2.16. The highest BCUT2D eigenvalue weighted by Gasteiger charge is 2.35. The van der Waals surface area contributed by atoms with E-state index in [-0.39, 0.29) is 24.2 Å². The predicted molar refractivity (Wildman–Crippen MR) is 101 cm³/mol. The zero-order chi connectivity index (χ0) is 18.6. The van der Waals surface area contributed by atoms with Gasteiger partial charge < -0.3 is 10.2 Å². The van der Waals surface area contributed by atoms with E-state index in [1.54, 1.807) is 15.9 Å². The Bertz CT molecular complexity index is 923. The Morgan fingerprint density at radius 3 is 2.59 bits per heavy atom. The van der Waals surface area contributed by atoms with E-state index in [2.05, 4.69) is 15.4 Å². The molecular formula is C20H19N5O2. The van der Waals surface area contributed by atoms with Crippen LogP contribution in [0.3, 0.4) is 0 Å². The Morgan fingerprint density at radius 2 is 1.89 bits per heavy atom. The number of nitrogens with one attached hydrogen (secondary N) is 1. The van der Waals surface area contributed by atoms with E-state index in [4.69, 9.17) is 0 Å². The normalized spacial score (nSPS) is 16.5. The van der Waals surface area contributed by atoms with Crippen LogP contribution < -0.4 is 10.2 Å². The summed E-state index contributed by atoms with van der Waals surface area (Å²) in [5.41, 5.74) is 2.60. The van der Waals surface area contributed by atoms with Gasteiger partial charge in [-0.3, -0.25) is 9.59 Å². The highest BCUT2D eigenvalue weighted by molar-refractivity contribution is 6.03. The second kappa shape index (κ2) is 7.41. The fraction of sp³-hybridized carbons (Fsp3) is 0.200. The van der Waals surface area contributed by atoms with Gasteiger partial charge in [0.25, 0.3) is 0 Å². The molecule has 2 amide bonds. The van der Waals surface area contributed by atoms with E-state index in [0.717, 1.165) is 11.3 Å². The van der Waals surface area contributed by atoms with Crippen molar-refractivity contribution in [1.82, 2.24) is 14.8 Å². The van der Waals surface area contributed by atoms with Crippen molar-refractivity contribution < 1.29 is 9.59 Å².